The zero-order valence-electron chi connectivity index (χ0n) is 35.6. The van der Waals surface area contributed by atoms with Gasteiger partial charge in [0, 0.05) is 0 Å². The summed E-state index contributed by atoms with van der Waals surface area (Å²) in [7, 11) is -10.7. The summed E-state index contributed by atoms with van der Waals surface area (Å²) in [6, 6.07) is 6.16. The van der Waals surface area contributed by atoms with E-state index in [1.807, 2.05) is 6.92 Å². The first-order valence-corrected chi connectivity index (χ1v) is 25.1. The number of H-pyrrole nitrogens is 2. The largest absolute Gasteiger partial charge is 0.394 e. The Morgan fingerprint density at radius 3 is 1.63 bits per heavy atom. The quantitative estimate of drug-likeness (QED) is 0.0743. The van der Waals surface area contributed by atoms with Gasteiger partial charge in [-0.25, -0.2) is 19.9 Å². The number of aliphatic hydroxyl groups is 1. The number of rotatable bonds is 19. The Balaban J connectivity index is 0.000000183. The lowest BCUT2D eigenvalue weighted by Gasteiger charge is -2.19. The molecule has 7 rings (SSSR count). The zero-order chi connectivity index (χ0) is 45.6. The molecule has 63 heavy (non-hydrogen) atoms. The Morgan fingerprint density at radius 1 is 0.714 bits per heavy atom. The van der Waals surface area contributed by atoms with E-state index in [9.17, 15) is 27.1 Å². The summed E-state index contributed by atoms with van der Waals surface area (Å²) in [5.74, 6) is 0. The van der Waals surface area contributed by atoms with Crippen molar-refractivity contribution in [2.24, 2.45) is 0 Å². The van der Waals surface area contributed by atoms with Crippen molar-refractivity contribution in [2.75, 3.05) is 52.3 Å². The maximum absolute atomic E-state index is 12.4. The van der Waals surface area contributed by atoms with E-state index in [-0.39, 0.29) is 79.0 Å². The van der Waals surface area contributed by atoms with Crippen LogP contribution >= 0.6 is 15.2 Å². The summed E-state index contributed by atoms with van der Waals surface area (Å²) in [4.78, 5) is 44.6. The Kier molecular flexibility index (Phi) is 18.4. The Morgan fingerprint density at radius 2 is 1.17 bits per heavy atom. The van der Waals surface area contributed by atoms with Gasteiger partial charge in [0.05, 0.1) is 82.1 Å². The molecular weight excluding hydrogens is 890 g/mol. The van der Waals surface area contributed by atoms with Crippen molar-refractivity contribution in [3.8, 4) is 0 Å². The second kappa shape index (κ2) is 23.2. The number of fused-ring (bicyclic) bond motifs is 2. The van der Waals surface area contributed by atoms with Crippen molar-refractivity contribution < 1.29 is 59.1 Å². The molecule has 5 aromatic rings. The van der Waals surface area contributed by atoms with Crippen molar-refractivity contribution in [3.05, 3.63) is 75.8 Å². The highest BCUT2D eigenvalue weighted by Gasteiger charge is 2.32. The van der Waals surface area contributed by atoms with Crippen molar-refractivity contribution in [1.82, 2.24) is 39.0 Å². The van der Waals surface area contributed by atoms with Gasteiger partial charge in [-0.1, -0.05) is 17.7 Å². The molecule has 2 aliphatic rings. The van der Waals surface area contributed by atoms with Crippen LogP contribution in [0.3, 0.4) is 0 Å². The van der Waals surface area contributed by atoms with Crippen molar-refractivity contribution in [2.45, 2.75) is 89.9 Å². The van der Waals surface area contributed by atoms with Crippen LogP contribution in [0.15, 0.2) is 64.1 Å². The van der Waals surface area contributed by atoms with Gasteiger partial charge in [-0.05, 0) is 72.4 Å². The second-order valence-corrected chi connectivity index (χ2v) is 19.4. The smallest absolute Gasteiger partial charge is 0.357 e. The van der Waals surface area contributed by atoms with Gasteiger partial charge in [0.2, 0.25) is 0 Å². The van der Waals surface area contributed by atoms with Crippen LogP contribution in [-0.4, -0.2) is 117 Å². The van der Waals surface area contributed by atoms with E-state index in [2.05, 4.69) is 29.9 Å². The predicted molar refractivity (Wildman–Crippen MR) is 227 cm³/mol. The molecule has 26 heteroatoms. The zero-order valence-corrected chi connectivity index (χ0v) is 38.2. The fourth-order valence-electron chi connectivity index (χ4n) is 6.40. The van der Waals surface area contributed by atoms with E-state index in [0.29, 0.717) is 30.0 Å². The van der Waals surface area contributed by atoms with Gasteiger partial charge in [0.15, 0.2) is 28.7 Å². The van der Waals surface area contributed by atoms with Crippen molar-refractivity contribution in [1.29, 1.82) is 0 Å². The van der Waals surface area contributed by atoms with Crippen LogP contribution in [0.2, 0.25) is 0 Å². The van der Waals surface area contributed by atoms with E-state index in [4.69, 9.17) is 41.6 Å². The van der Waals surface area contributed by atoms with Gasteiger partial charge >= 0.3 is 15.2 Å². The molecule has 23 nitrogen and oxygen atoms in total. The molecule has 2 aliphatic heterocycles. The average Bonchev–Trinajstić information content (AvgIpc) is 4.09. The third-order valence-corrected chi connectivity index (χ3v) is 14.3. The summed E-state index contributed by atoms with van der Waals surface area (Å²) in [6.07, 6.45) is 7.37. The molecule has 4 unspecified atom stereocenters. The normalized spacial score (nSPS) is 19.2. The van der Waals surface area contributed by atoms with Gasteiger partial charge in [-0.15, -0.1) is 0 Å². The van der Waals surface area contributed by atoms with Crippen LogP contribution in [0, 0.1) is 6.92 Å². The van der Waals surface area contributed by atoms with E-state index in [0.717, 1.165) is 31.2 Å². The number of aromatic nitrogens is 8. The minimum absolute atomic E-state index is 0.00245. The molecule has 4 atom stereocenters. The third-order valence-electron chi connectivity index (χ3n) is 9.26. The standard InChI is InChI=1S/C15H23N4O6P.C12H19O6PS.C10H12N4O3/c1-3-23-26(21,24-4-2)10-22-7-11-5-6-12(25-11)19-9-18-13-14(19)16-8-17-15(13)20;1-4-16-19(13,17-5-2)10-18-20(14,15)12-8-6-11(3)7-9-12;15-3-6-1-2-7(17-6)14-5-13-8-9(14)11-4-12-10(8)16/h8-9,11-12H,3-7,10H2,1-2H3,(H,16,17,20);6-9H,4-5,10H2,1-3H3;4-7,15H,1-3H2,(H,11,12,16). The number of nitrogens with one attached hydrogen (secondary N) is 2. The molecule has 0 radical (unpaired) electrons. The molecule has 0 saturated carbocycles. The lowest BCUT2D eigenvalue weighted by atomic mass is 10.2. The molecular formula is C37H54N8O15P2S. The number of hydrogen-bond donors (Lipinski definition) is 3. The van der Waals surface area contributed by atoms with E-state index in [1.54, 1.807) is 61.6 Å². The monoisotopic (exact) mass is 944 g/mol. The first-order valence-electron chi connectivity index (χ1n) is 20.2. The molecule has 0 spiro atoms. The van der Waals surface area contributed by atoms with Gasteiger partial charge in [0.25, 0.3) is 21.2 Å². The van der Waals surface area contributed by atoms with Crippen LogP contribution < -0.4 is 11.1 Å². The minimum Gasteiger partial charge on any atom is -0.394 e. The number of aliphatic hydroxyl groups excluding tert-OH is 1. The summed E-state index contributed by atoms with van der Waals surface area (Å²) >= 11 is 0. The Labute approximate surface area is 363 Å². The summed E-state index contributed by atoms with van der Waals surface area (Å²) in [6.45, 7) is 9.80. The first-order chi connectivity index (χ1) is 30.2. The Bertz CT molecular complexity index is 2530. The topological polar surface area (TPSA) is 289 Å². The van der Waals surface area contributed by atoms with Crippen LogP contribution in [-0.2, 0) is 55.7 Å². The maximum Gasteiger partial charge on any atom is 0.357 e. The number of imidazole rings is 2. The molecule has 6 heterocycles. The molecule has 1 aromatic carbocycles. The fraction of sp³-hybridized carbons (Fsp3) is 0.568. The molecule has 0 aliphatic carbocycles. The van der Waals surface area contributed by atoms with E-state index in [1.165, 1.54) is 24.8 Å². The molecule has 2 saturated heterocycles. The summed E-state index contributed by atoms with van der Waals surface area (Å²) in [5, 5.41) is 9.02. The van der Waals surface area contributed by atoms with Gasteiger partial charge in [-0.2, -0.15) is 8.42 Å². The number of aromatic amines is 2. The van der Waals surface area contributed by atoms with Crippen LogP contribution in [0.5, 0.6) is 0 Å². The number of nitrogens with zero attached hydrogens (tertiary/aromatic N) is 6. The average molecular weight is 945 g/mol. The maximum atomic E-state index is 12.4. The van der Waals surface area contributed by atoms with E-state index < -0.39 is 31.7 Å². The van der Waals surface area contributed by atoms with Crippen molar-refractivity contribution in [3.63, 3.8) is 0 Å². The van der Waals surface area contributed by atoms with Crippen LogP contribution in [0.4, 0.5) is 0 Å². The first kappa shape index (κ1) is 50.0. The molecule has 2 fully saturated rings. The highest BCUT2D eigenvalue weighted by molar-refractivity contribution is 7.87. The predicted octanol–water partition coefficient (Wildman–Crippen LogP) is 4.75. The van der Waals surface area contributed by atoms with Crippen LogP contribution in [0.25, 0.3) is 22.3 Å². The highest BCUT2D eigenvalue weighted by atomic mass is 32.2. The molecule has 0 amide bonds. The van der Waals surface area contributed by atoms with Gasteiger partial charge in [-0.3, -0.25) is 32.0 Å². The van der Waals surface area contributed by atoms with Gasteiger partial charge < -0.3 is 47.4 Å². The summed E-state index contributed by atoms with van der Waals surface area (Å²) in [5.41, 5.74) is 1.97. The molecule has 0 bridgehead atoms. The van der Waals surface area contributed by atoms with Crippen molar-refractivity contribution >= 4 is 47.6 Å². The minimum atomic E-state index is -3.98. The fourth-order valence-corrected chi connectivity index (χ4v) is 10.4. The third kappa shape index (κ3) is 13.5. The molecule has 348 valence electrons. The SMILES string of the molecule is CCOP(=O)(COCC1CCC(n2cnc3c(=O)[nH]cnc32)O1)OCC.CCOP(=O)(COS(=O)(=O)c1ccc(C)cc1)OCC.O=c1[nH]cnc2c1ncn2C1CCC(CO)O1. The number of ether oxygens (including phenoxy) is 3. The number of benzene rings is 1. The number of hydrogen-bond acceptors (Lipinski definition) is 19. The second-order valence-electron chi connectivity index (χ2n) is 13.8. The summed E-state index contributed by atoms with van der Waals surface area (Å²) < 4.78 is 94.0. The highest BCUT2D eigenvalue weighted by Crippen LogP contribution is 2.49. The van der Waals surface area contributed by atoms with Crippen LogP contribution in [0.1, 0.15) is 71.4 Å². The van der Waals surface area contributed by atoms with E-state index >= 15 is 0 Å². The number of aryl methyl sites for hydroxylation is 1. The Hall–Kier alpha value is -4.03. The molecule has 3 N–H and O–H groups in total. The molecule has 4 aromatic heterocycles. The lowest BCUT2D eigenvalue weighted by Crippen LogP contribution is -2.18. The van der Waals surface area contributed by atoms with Gasteiger partial charge in [0.1, 0.15) is 18.8 Å². The lowest BCUT2D eigenvalue weighted by molar-refractivity contribution is -0.0352.